The molecule has 4 nitrogen and oxygen atoms in total. The van der Waals surface area contributed by atoms with Gasteiger partial charge >= 0.3 is 0 Å². The quantitative estimate of drug-likeness (QED) is 0.859. The number of ether oxygens (including phenoxy) is 1. The molecule has 0 fully saturated rings. The smallest absolute Gasteiger partial charge is 0.140 e. The summed E-state index contributed by atoms with van der Waals surface area (Å²) >= 11 is 2.18. The van der Waals surface area contributed by atoms with Crippen molar-refractivity contribution in [3.8, 4) is 0 Å². The van der Waals surface area contributed by atoms with Gasteiger partial charge in [-0.15, -0.1) is 0 Å². The number of aryl methyl sites for hydroxylation is 1. The van der Waals surface area contributed by atoms with Crippen LogP contribution in [0.25, 0.3) is 0 Å². The first-order valence-electron chi connectivity index (χ1n) is 4.92. The Morgan fingerprint density at radius 1 is 1.47 bits per heavy atom. The summed E-state index contributed by atoms with van der Waals surface area (Å²) in [6, 6.07) is 0. The number of hydrogen-bond acceptors (Lipinski definition) is 4. The summed E-state index contributed by atoms with van der Waals surface area (Å²) in [5.74, 6) is 1.33. The van der Waals surface area contributed by atoms with Crippen molar-refractivity contribution in [1.29, 1.82) is 0 Å². The van der Waals surface area contributed by atoms with Gasteiger partial charge in [0, 0.05) is 13.5 Å². The second kappa shape index (κ2) is 5.60. The Kier molecular flexibility index (Phi) is 4.72. The number of methoxy groups -OCH3 is 1. The Morgan fingerprint density at radius 3 is 2.67 bits per heavy atom. The Labute approximate surface area is 104 Å². The molecule has 1 aromatic rings. The van der Waals surface area contributed by atoms with Crippen LogP contribution in [0, 0.1) is 3.57 Å². The minimum absolute atomic E-state index is 0.120. The van der Waals surface area contributed by atoms with E-state index in [0.717, 1.165) is 21.5 Å². The molecule has 0 aliphatic carbocycles. The van der Waals surface area contributed by atoms with E-state index in [4.69, 9.17) is 10.5 Å². The number of nitrogens with zero attached hydrogens (tertiary/aromatic N) is 2. The van der Waals surface area contributed by atoms with Gasteiger partial charge in [0.15, 0.2) is 0 Å². The molecular formula is C10H16IN3O. The van der Waals surface area contributed by atoms with Gasteiger partial charge in [0.05, 0.1) is 15.4 Å². The number of nitrogens with two attached hydrogens (primary N) is 1. The normalized spacial score (nSPS) is 12.8. The Hall–Kier alpha value is -0.430. The molecule has 15 heavy (non-hydrogen) atoms. The first-order valence-corrected chi connectivity index (χ1v) is 5.99. The summed E-state index contributed by atoms with van der Waals surface area (Å²) < 4.78 is 6.14. The molecule has 0 spiro atoms. The highest BCUT2D eigenvalue weighted by molar-refractivity contribution is 14.1. The van der Waals surface area contributed by atoms with E-state index in [-0.39, 0.29) is 6.10 Å². The van der Waals surface area contributed by atoms with Crippen LogP contribution in [0.3, 0.4) is 0 Å². The van der Waals surface area contributed by atoms with Crippen molar-refractivity contribution < 1.29 is 4.74 Å². The van der Waals surface area contributed by atoms with Crippen LogP contribution in [0.4, 0.5) is 5.82 Å². The third-order valence-electron chi connectivity index (χ3n) is 2.20. The van der Waals surface area contributed by atoms with E-state index in [9.17, 15) is 0 Å². The lowest BCUT2D eigenvalue weighted by Gasteiger charge is -2.10. The molecule has 0 radical (unpaired) electrons. The summed E-state index contributed by atoms with van der Waals surface area (Å²) in [6.07, 6.45) is 1.69. The van der Waals surface area contributed by atoms with Gasteiger partial charge in [0.1, 0.15) is 11.6 Å². The Morgan fingerprint density at radius 2 is 2.13 bits per heavy atom. The summed E-state index contributed by atoms with van der Waals surface area (Å²) in [7, 11) is 1.68. The van der Waals surface area contributed by atoms with E-state index in [1.54, 1.807) is 7.11 Å². The van der Waals surface area contributed by atoms with Gasteiger partial charge in [-0.25, -0.2) is 9.97 Å². The van der Waals surface area contributed by atoms with Crippen molar-refractivity contribution in [2.24, 2.45) is 0 Å². The second-order valence-electron chi connectivity index (χ2n) is 3.39. The van der Waals surface area contributed by atoms with Crippen LogP contribution in [0.15, 0.2) is 0 Å². The van der Waals surface area contributed by atoms with Crippen LogP contribution >= 0.6 is 22.6 Å². The van der Waals surface area contributed by atoms with Crippen molar-refractivity contribution in [1.82, 2.24) is 9.97 Å². The van der Waals surface area contributed by atoms with E-state index >= 15 is 0 Å². The predicted octanol–water partition coefficient (Wildman–Crippen LogP) is 1.80. The lowest BCUT2D eigenvalue weighted by Crippen LogP contribution is -2.14. The highest BCUT2D eigenvalue weighted by Crippen LogP contribution is 2.17. The fourth-order valence-electron chi connectivity index (χ4n) is 1.23. The van der Waals surface area contributed by atoms with Crippen LogP contribution in [-0.2, 0) is 17.6 Å². The van der Waals surface area contributed by atoms with Crippen LogP contribution in [0.2, 0.25) is 0 Å². The molecule has 0 aliphatic rings. The van der Waals surface area contributed by atoms with Crippen molar-refractivity contribution in [3.63, 3.8) is 0 Å². The van der Waals surface area contributed by atoms with Gasteiger partial charge < -0.3 is 10.5 Å². The molecule has 0 aliphatic heterocycles. The molecule has 0 bridgehead atoms. The van der Waals surface area contributed by atoms with Crippen LogP contribution < -0.4 is 5.73 Å². The second-order valence-corrected chi connectivity index (χ2v) is 4.47. The number of halogens is 1. The predicted molar refractivity (Wildman–Crippen MR) is 68.7 cm³/mol. The van der Waals surface area contributed by atoms with Crippen molar-refractivity contribution in [2.45, 2.75) is 32.8 Å². The van der Waals surface area contributed by atoms with Crippen LogP contribution in [0.1, 0.15) is 25.4 Å². The van der Waals surface area contributed by atoms with Crippen molar-refractivity contribution in [2.75, 3.05) is 12.8 Å². The Bertz CT molecular complexity index is 344. The van der Waals surface area contributed by atoms with Gasteiger partial charge in [-0.1, -0.05) is 6.92 Å². The molecule has 1 atom stereocenters. The van der Waals surface area contributed by atoms with Gasteiger partial charge in [0.2, 0.25) is 0 Å². The van der Waals surface area contributed by atoms with E-state index in [0.29, 0.717) is 12.2 Å². The molecule has 1 unspecified atom stereocenters. The molecule has 1 aromatic heterocycles. The van der Waals surface area contributed by atoms with Crippen molar-refractivity contribution in [3.05, 3.63) is 15.1 Å². The first kappa shape index (κ1) is 12.6. The van der Waals surface area contributed by atoms with Crippen molar-refractivity contribution >= 4 is 28.4 Å². The fourth-order valence-corrected chi connectivity index (χ4v) is 1.85. The molecular weight excluding hydrogens is 305 g/mol. The summed E-state index contributed by atoms with van der Waals surface area (Å²) in [4.78, 5) is 8.71. The van der Waals surface area contributed by atoms with Crippen LogP contribution in [-0.4, -0.2) is 23.2 Å². The topological polar surface area (TPSA) is 61.0 Å². The Balaban J connectivity index is 2.95. The highest BCUT2D eigenvalue weighted by atomic mass is 127. The average molecular weight is 321 g/mol. The maximum atomic E-state index is 5.81. The van der Waals surface area contributed by atoms with Gasteiger partial charge in [0.25, 0.3) is 0 Å². The zero-order valence-corrected chi connectivity index (χ0v) is 11.4. The molecule has 2 N–H and O–H groups in total. The maximum absolute atomic E-state index is 5.81. The zero-order valence-electron chi connectivity index (χ0n) is 9.25. The average Bonchev–Trinajstić information content (AvgIpc) is 2.22. The molecule has 5 heteroatoms. The highest BCUT2D eigenvalue weighted by Gasteiger charge is 2.10. The maximum Gasteiger partial charge on any atom is 0.140 e. The molecule has 84 valence electrons. The number of nitrogen functional groups attached to an aromatic ring is 1. The fraction of sp³-hybridized carbons (Fsp3) is 0.600. The molecule has 1 heterocycles. The van der Waals surface area contributed by atoms with E-state index < -0.39 is 0 Å². The molecule has 0 amide bonds. The SMILES string of the molecule is CCc1nc(CC(C)OC)nc(N)c1I. The lowest BCUT2D eigenvalue weighted by molar-refractivity contribution is 0.117. The molecule has 1 rings (SSSR count). The third-order valence-corrected chi connectivity index (χ3v) is 3.37. The van der Waals surface area contributed by atoms with Gasteiger partial charge in [-0.05, 0) is 35.9 Å². The number of anilines is 1. The monoisotopic (exact) mass is 321 g/mol. The minimum Gasteiger partial charge on any atom is -0.383 e. The number of hydrogen-bond donors (Lipinski definition) is 1. The van der Waals surface area contributed by atoms with Gasteiger partial charge in [-0.3, -0.25) is 0 Å². The number of rotatable bonds is 4. The van der Waals surface area contributed by atoms with E-state index in [1.807, 2.05) is 6.92 Å². The number of aromatic nitrogens is 2. The molecule has 0 saturated carbocycles. The standard InChI is InChI=1S/C10H16IN3O/c1-4-7-9(11)10(12)14-8(13-7)5-6(2)15-3/h6H,4-5H2,1-3H3,(H2,12,13,14). The molecule has 0 saturated heterocycles. The largest absolute Gasteiger partial charge is 0.383 e. The van der Waals surface area contributed by atoms with E-state index in [2.05, 4.69) is 39.5 Å². The third kappa shape index (κ3) is 3.27. The van der Waals surface area contributed by atoms with E-state index in [1.165, 1.54) is 0 Å². The van der Waals surface area contributed by atoms with Gasteiger partial charge in [-0.2, -0.15) is 0 Å². The minimum atomic E-state index is 0.120. The summed E-state index contributed by atoms with van der Waals surface area (Å²) in [5.41, 5.74) is 6.83. The summed E-state index contributed by atoms with van der Waals surface area (Å²) in [5, 5.41) is 0. The zero-order chi connectivity index (χ0) is 11.4. The lowest BCUT2D eigenvalue weighted by atomic mass is 10.2. The van der Waals surface area contributed by atoms with Crippen LogP contribution in [0.5, 0.6) is 0 Å². The summed E-state index contributed by atoms with van der Waals surface area (Å²) in [6.45, 7) is 4.05. The molecule has 0 aromatic carbocycles. The first-order chi connectivity index (χ1) is 7.08.